The Labute approximate surface area is 118 Å². The van der Waals surface area contributed by atoms with Gasteiger partial charge in [0.25, 0.3) is 0 Å². The fourth-order valence-electron chi connectivity index (χ4n) is 3.74. The number of piperazine rings is 1. The third-order valence-electron chi connectivity index (χ3n) is 5.60. The average Bonchev–Trinajstić information content (AvgIpc) is 3.20. The Hall–Kier alpha value is -0.120. The third-order valence-corrected chi connectivity index (χ3v) is 5.60. The lowest BCUT2D eigenvalue weighted by Gasteiger charge is -2.52. The van der Waals surface area contributed by atoms with Gasteiger partial charge in [-0.25, -0.2) is 0 Å². The zero-order valence-electron chi connectivity index (χ0n) is 12.9. The third kappa shape index (κ3) is 2.98. The number of rotatable bonds is 3. The van der Waals surface area contributed by atoms with Crippen LogP contribution in [0, 0.1) is 11.8 Å². The van der Waals surface area contributed by atoms with Crippen LogP contribution in [0.4, 0.5) is 0 Å². The second-order valence-electron chi connectivity index (χ2n) is 7.79. The molecular weight excluding hydrogens is 236 g/mol. The SMILES string of the molecule is CC1(C2CC2)CN(CC2CCOCC2)C(C)(C)CN1. The number of hydrogen-bond acceptors (Lipinski definition) is 3. The number of hydrogen-bond donors (Lipinski definition) is 1. The van der Waals surface area contributed by atoms with E-state index >= 15 is 0 Å². The van der Waals surface area contributed by atoms with Crippen molar-refractivity contribution in [2.45, 2.75) is 57.5 Å². The summed E-state index contributed by atoms with van der Waals surface area (Å²) in [5.41, 5.74) is 0.660. The van der Waals surface area contributed by atoms with E-state index in [1.165, 1.54) is 38.8 Å². The van der Waals surface area contributed by atoms with Gasteiger partial charge in [-0.2, -0.15) is 0 Å². The van der Waals surface area contributed by atoms with Gasteiger partial charge < -0.3 is 10.1 Å². The molecule has 0 radical (unpaired) electrons. The van der Waals surface area contributed by atoms with E-state index in [2.05, 4.69) is 31.0 Å². The Morgan fingerprint density at radius 2 is 1.79 bits per heavy atom. The van der Waals surface area contributed by atoms with Crippen LogP contribution in [-0.4, -0.2) is 48.8 Å². The maximum atomic E-state index is 5.50. The van der Waals surface area contributed by atoms with Crippen LogP contribution in [0.5, 0.6) is 0 Å². The van der Waals surface area contributed by atoms with E-state index in [4.69, 9.17) is 4.74 Å². The lowest BCUT2D eigenvalue weighted by molar-refractivity contribution is -0.00949. The van der Waals surface area contributed by atoms with E-state index in [0.717, 1.165) is 31.6 Å². The van der Waals surface area contributed by atoms with E-state index in [1.807, 2.05) is 0 Å². The molecule has 0 amide bonds. The van der Waals surface area contributed by atoms with Crippen LogP contribution in [0.2, 0.25) is 0 Å². The van der Waals surface area contributed by atoms with Crippen LogP contribution in [0.25, 0.3) is 0 Å². The van der Waals surface area contributed by atoms with Gasteiger partial charge in [-0.3, -0.25) is 4.90 Å². The fourth-order valence-corrected chi connectivity index (χ4v) is 3.74. The van der Waals surface area contributed by atoms with Crippen molar-refractivity contribution in [2.75, 3.05) is 32.8 Å². The van der Waals surface area contributed by atoms with Crippen LogP contribution < -0.4 is 5.32 Å². The summed E-state index contributed by atoms with van der Waals surface area (Å²) >= 11 is 0. The van der Waals surface area contributed by atoms with Gasteiger partial charge in [0.05, 0.1) is 0 Å². The molecule has 2 aliphatic heterocycles. The molecule has 0 aromatic heterocycles. The lowest BCUT2D eigenvalue weighted by Crippen LogP contribution is -2.68. The summed E-state index contributed by atoms with van der Waals surface area (Å²) in [6.07, 6.45) is 5.35. The first-order valence-electron chi connectivity index (χ1n) is 8.07. The highest BCUT2D eigenvalue weighted by atomic mass is 16.5. The smallest absolute Gasteiger partial charge is 0.0469 e. The predicted molar refractivity (Wildman–Crippen MR) is 78.3 cm³/mol. The molecule has 1 atom stereocenters. The van der Waals surface area contributed by atoms with Crippen molar-refractivity contribution in [1.82, 2.24) is 10.2 Å². The molecule has 1 unspecified atom stereocenters. The minimum Gasteiger partial charge on any atom is -0.381 e. The Bertz CT molecular complexity index is 321. The van der Waals surface area contributed by atoms with Gasteiger partial charge >= 0.3 is 0 Å². The van der Waals surface area contributed by atoms with E-state index in [-0.39, 0.29) is 0 Å². The number of nitrogens with zero attached hydrogens (tertiary/aromatic N) is 1. The molecule has 1 saturated carbocycles. The highest BCUT2D eigenvalue weighted by Crippen LogP contribution is 2.42. The molecule has 3 heteroatoms. The molecule has 3 fully saturated rings. The normalized spacial score (nSPS) is 37.4. The van der Waals surface area contributed by atoms with Crippen molar-refractivity contribution in [3.8, 4) is 0 Å². The highest BCUT2D eigenvalue weighted by molar-refractivity contribution is 5.06. The maximum absolute atomic E-state index is 5.50. The average molecular weight is 266 g/mol. The molecule has 2 saturated heterocycles. The Balaban J connectivity index is 1.65. The van der Waals surface area contributed by atoms with Crippen molar-refractivity contribution in [3.63, 3.8) is 0 Å². The monoisotopic (exact) mass is 266 g/mol. The van der Waals surface area contributed by atoms with Gasteiger partial charge in [-0.15, -0.1) is 0 Å². The molecule has 0 aromatic carbocycles. The first-order valence-corrected chi connectivity index (χ1v) is 8.07. The van der Waals surface area contributed by atoms with Gasteiger partial charge in [-0.05, 0) is 58.3 Å². The van der Waals surface area contributed by atoms with Crippen molar-refractivity contribution in [1.29, 1.82) is 0 Å². The van der Waals surface area contributed by atoms with Gasteiger partial charge in [0.15, 0.2) is 0 Å². The fraction of sp³-hybridized carbons (Fsp3) is 1.00. The summed E-state index contributed by atoms with van der Waals surface area (Å²) in [5.74, 6) is 1.76. The van der Waals surface area contributed by atoms with Crippen molar-refractivity contribution >= 4 is 0 Å². The molecule has 110 valence electrons. The molecule has 0 bridgehead atoms. The maximum Gasteiger partial charge on any atom is 0.0469 e. The molecule has 1 N–H and O–H groups in total. The van der Waals surface area contributed by atoms with Crippen molar-refractivity contribution < 1.29 is 4.74 Å². The molecular formula is C16H30N2O. The zero-order valence-corrected chi connectivity index (χ0v) is 12.9. The first kappa shape index (κ1) is 13.8. The van der Waals surface area contributed by atoms with Crippen molar-refractivity contribution in [2.24, 2.45) is 11.8 Å². The quantitative estimate of drug-likeness (QED) is 0.848. The van der Waals surface area contributed by atoms with Crippen LogP contribution in [0.3, 0.4) is 0 Å². The molecule has 19 heavy (non-hydrogen) atoms. The second-order valence-corrected chi connectivity index (χ2v) is 7.79. The van der Waals surface area contributed by atoms with Crippen molar-refractivity contribution in [3.05, 3.63) is 0 Å². The summed E-state index contributed by atoms with van der Waals surface area (Å²) in [6, 6.07) is 0. The molecule has 0 aromatic rings. The standard InChI is InChI=1S/C16H30N2O/c1-15(2)11-17-16(3,14-4-5-14)12-18(15)10-13-6-8-19-9-7-13/h13-14,17H,4-12H2,1-3H3. The molecule has 0 spiro atoms. The topological polar surface area (TPSA) is 24.5 Å². The summed E-state index contributed by atoms with van der Waals surface area (Å²) in [6.45, 7) is 12.8. The van der Waals surface area contributed by atoms with Crippen LogP contribution in [0.15, 0.2) is 0 Å². The van der Waals surface area contributed by atoms with Crippen LogP contribution in [-0.2, 0) is 4.74 Å². The molecule has 1 aliphatic carbocycles. The van der Waals surface area contributed by atoms with E-state index in [9.17, 15) is 0 Å². The summed E-state index contributed by atoms with van der Waals surface area (Å²) < 4.78 is 5.50. The lowest BCUT2D eigenvalue weighted by atomic mass is 9.85. The van der Waals surface area contributed by atoms with Gasteiger partial charge in [-0.1, -0.05) is 0 Å². The zero-order chi connectivity index (χ0) is 13.5. The molecule has 3 rings (SSSR count). The van der Waals surface area contributed by atoms with Crippen LogP contribution in [0.1, 0.15) is 46.5 Å². The predicted octanol–water partition coefficient (Wildman–Crippen LogP) is 2.27. The Morgan fingerprint density at radius 3 is 2.42 bits per heavy atom. The van der Waals surface area contributed by atoms with E-state index in [0.29, 0.717) is 11.1 Å². The van der Waals surface area contributed by atoms with Gasteiger partial charge in [0, 0.05) is 43.9 Å². The van der Waals surface area contributed by atoms with Crippen LogP contribution >= 0.6 is 0 Å². The first-order chi connectivity index (χ1) is 9.00. The Kier molecular flexibility index (Phi) is 3.65. The molecule has 3 aliphatic rings. The summed E-state index contributed by atoms with van der Waals surface area (Å²) in [5, 5.41) is 3.85. The Morgan fingerprint density at radius 1 is 1.11 bits per heavy atom. The number of ether oxygens (including phenoxy) is 1. The summed E-state index contributed by atoms with van der Waals surface area (Å²) in [7, 11) is 0. The largest absolute Gasteiger partial charge is 0.381 e. The van der Waals surface area contributed by atoms with E-state index < -0.39 is 0 Å². The van der Waals surface area contributed by atoms with Gasteiger partial charge in [0.2, 0.25) is 0 Å². The second kappa shape index (κ2) is 5.01. The minimum absolute atomic E-state index is 0.298. The minimum atomic E-state index is 0.298. The highest BCUT2D eigenvalue weighted by Gasteiger charge is 2.48. The van der Waals surface area contributed by atoms with E-state index in [1.54, 1.807) is 0 Å². The van der Waals surface area contributed by atoms with Gasteiger partial charge in [0.1, 0.15) is 0 Å². The summed E-state index contributed by atoms with van der Waals surface area (Å²) in [4.78, 5) is 2.76. The molecule has 3 nitrogen and oxygen atoms in total. The number of nitrogens with one attached hydrogen (secondary N) is 1. The molecule has 2 heterocycles.